The summed E-state index contributed by atoms with van der Waals surface area (Å²) in [5.41, 5.74) is -1.05. The third kappa shape index (κ3) is 1.72. The molecule has 5 heteroatoms. The molecule has 1 aromatic rings. The normalized spacial score (nSPS) is 10.8. The zero-order valence-electron chi connectivity index (χ0n) is 5.68. The Bertz CT molecular complexity index is 307. The minimum atomic E-state index is -4.47. The minimum Gasteiger partial charge on any atom is -0.240 e. The van der Waals surface area contributed by atoms with Gasteiger partial charge in [0.1, 0.15) is 18.0 Å². The summed E-state index contributed by atoms with van der Waals surface area (Å²) in [4.78, 5) is 2.95. The molecule has 12 heavy (non-hydrogen) atoms. The summed E-state index contributed by atoms with van der Waals surface area (Å²) in [6.45, 7) is 0. The SMILES string of the molecule is N#Cc1[c]nc(C(F)(F)F)cc1. The predicted octanol–water partition coefficient (Wildman–Crippen LogP) is 1.77. The van der Waals surface area contributed by atoms with E-state index >= 15 is 0 Å². The molecule has 0 saturated carbocycles. The van der Waals surface area contributed by atoms with E-state index in [1.807, 2.05) is 6.20 Å². The molecule has 0 unspecified atom stereocenters. The lowest BCUT2D eigenvalue weighted by Gasteiger charge is -2.03. The number of aromatic nitrogens is 1. The highest BCUT2D eigenvalue weighted by Crippen LogP contribution is 2.26. The van der Waals surface area contributed by atoms with Gasteiger partial charge < -0.3 is 0 Å². The molecule has 0 aromatic carbocycles. The van der Waals surface area contributed by atoms with Gasteiger partial charge in [0.15, 0.2) is 0 Å². The van der Waals surface area contributed by atoms with Crippen LogP contribution in [0.15, 0.2) is 12.1 Å². The van der Waals surface area contributed by atoms with Crippen molar-refractivity contribution in [3.05, 3.63) is 29.6 Å². The molecule has 0 aliphatic carbocycles. The maximum absolute atomic E-state index is 11.9. The van der Waals surface area contributed by atoms with Crippen molar-refractivity contribution in [2.75, 3.05) is 0 Å². The van der Waals surface area contributed by atoms with Crippen LogP contribution in [0.2, 0.25) is 0 Å². The Kier molecular flexibility index (Phi) is 2.00. The lowest BCUT2D eigenvalue weighted by atomic mass is 10.3. The summed E-state index contributed by atoms with van der Waals surface area (Å²) in [7, 11) is 0. The molecule has 1 heterocycles. The number of hydrogen-bond acceptors (Lipinski definition) is 2. The Balaban J connectivity index is 3.02. The monoisotopic (exact) mass is 171 g/mol. The van der Waals surface area contributed by atoms with E-state index in [1.54, 1.807) is 6.07 Å². The van der Waals surface area contributed by atoms with Crippen molar-refractivity contribution < 1.29 is 13.2 Å². The van der Waals surface area contributed by atoms with Gasteiger partial charge in [-0.2, -0.15) is 18.4 Å². The Morgan fingerprint density at radius 2 is 2.08 bits per heavy atom. The second-order valence-electron chi connectivity index (χ2n) is 1.97. The first-order chi connectivity index (χ1) is 5.54. The van der Waals surface area contributed by atoms with Crippen LogP contribution in [0.5, 0.6) is 0 Å². The highest BCUT2D eigenvalue weighted by Gasteiger charge is 2.32. The van der Waals surface area contributed by atoms with Gasteiger partial charge in [0.05, 0.1) is 5.56 Å². The molecular weight excluding hydrogens is 169 g/mol. The van der Waals surface area contributed by atoms with Crippen molar-refractivity contribution in [2.45, 2.75) is 6.18 Å². The predicted molar refractivity (Wildman–Crippen MR) is 32.8 cm³/mol. The Hall–Kier alpha value is -1.57. The molecule has 1 radical (unpaired) electrons. The smallest absolute Gasteiger partial charge is 0.240 e. The molecule has 0 fully saturated rings. The molecule has 0 amide bonds. The third-order valence-corrected chi connectivity index (χ3v) is 1.12. The number of rotatable bonds is 0. The van der Waals surface area contributed by atoms with Gasteiger partial charge in [-0.1, -0.05) is 0 Å². The van der Waals surface area contributed by atoms with Gasteiger partial charge in [-0.3, -0.25) is 0 Å². The number of pyridine rings is 1. The first kappa shape index (κ1) is 8.53. The van der Waals surface area contributed by atoms with Gasteiger partial charge in [-0.05, 0) is 12.1 Å². The topological polar surface area (TPSA) is 36.7 Å². The van der Waals surface area contributed by atoms with E-state index in [4.69, 9.17) is 5.26 Å². The molecule has 0 N–H and O–H groups in total. The molecule has 1 rings (SSSR count). The molecular formula is C7H2F3N2. The van der Waals surface area contributed by atoms with Gasteiger partial charge in [-0.15, -0.1) is 0 Å². The minimum absolute atomic E-state index is 0.0111. The number of nitriles is 1. The molecule has 0 spiro atoms. The fraction of sp³-hybridized carbons (Fsp3) is 0.143. The summed E-state index contributed by atoms with van der Waals surface area (Å²) in [5, 5.41) is 8.23. The van der Waals surface area contributed by atoms with E-state index in [-0.39, 0.29) is 5.56 Å². The van der Waals surface area contributed by atoms with Crippen LogP contribution in [0.4, 0.5) is 13.2 Å². The quantitative estimate of drug-likeness (QED) is 0.596. The molecule has 0 aliphatic heterocycles. The van der Waals surface area contributed by atoms with Crippen molar-refractivity contribution in [3.63, 3.8) is 0 Å². The van der Waals surface area contributed by atoms with Gasteiger partial charge in [0, 0.05) is 0 Å². The summed E-state index contributed by atoms with van der Waals surface area (Å²) in [6, 6.07) is 3.39. The lowest BCUT2D eigenvalue weighted by Crippen LogP contribution is -2.07. The van der Waals surface area contributed by atoms with Gasteiger partial charge in [0.2, 0.25) is 0 Å². The number of alkyl halides is 3. The van der Waals surface area contributed by atoms with E-state index in [1.165, 1.54) is 0 Å². The van der Waals surface area contributed by atoms with E-state index in [0.29, 0.717) is 0 Å². The Morgan fingerprint density at radius 3 is 2.42 bits per heavy atom. The van der Waals surface area contributed by atoms with Crippen LogP contribution in [0.25, 0.3) is 0 Å². The van der Waals surface area contributed by atoms with Crippen molar-refractivity contribution in [3.8, 4) is 6.07 Å². The zero-order chi connectivity index (χ0) is 9.19. The molecule has 0 atom stereocenters. The third-order valence-electron chi connectivity index (χ3n) is 1.12. The van der Waals surface area contributed by atoms with Crippen LogP contribution in [0.1, 0.15) is 11.3 Å². The lowest BCUT2D eigenvalue weighted by molar-refractivity contribution is -0.141. The largest absolute Gasteiger partial charge is 0.433 e. The van der Waals surface area contributed by atoms with Gasteiger partial charge >= 0.3 is 6.18 Å². The molecule has 2 nitrogen and oxygen atoms in total. The van der Waals surface area contributed by atoms with Crippen LogP contribution in [-0.2, 0) is 6.18 Å². The molecule has 0 saturated heterocycles. The highest BCUT2D eigenvalue weighted by molar-refractivity contribution is 5.25. The number of halogens is 3. The summed E-state index contributed by atoms with van der Waals surface area (Å²) >= 11 is 0. The van der Waals surface area contributed by atoms with Gasteiger partial charge in [-0.25, -0.2) is 4.98 Å². The fourth-order valence-electron chi connectivity index (χ4n) is 0.577. The van der Waals surface area contributed by atoms with Crippen molar-refractivity contribution in [2.24, 2.45) is 0 Å². The van der Waals surface area contributed by atoms with Crippen molar-refractivity contribution >= 4 is 0 Å². The standard InChI is InChI=1S/C7H2F3N2/c8-7(9,10)6-2-1-5(3-11)4-12-6/h1-2H. The van der Waals surface area contributed by atoms with Crippen molar-refractivity contribution in [1.29, 1.82) is 5.26 Å². The van der Waals surface area contributed by atoms with Crippen LogP contribution >= 0.6 is 0 Å². The highest BCUT2D eigenvalue weighted by atomic mass is 19.4. The summed E-state index contributed by atoms with van der Waals surface area (Å²) in [6.07, 6.45) is -2.51. The first-order valence-electron chi connectivity index (χ1n) is 2.90. The Morgan fingerprint density at radius 1 is 1.42 bits per heavy atom. The molecule has 0 aliphatic rings. The number of hydrogen-bond donors (Lipinski definition) is 0. The Labute approximate surface area is 66.3 Å². The van der Waals surface area contributed by atoms with E-state index in [9.17, 15) is 13.2 Å². The second-order valence-corrected chi connectivity index (χ2v) is 1.97. The molecule has 61 valence electrons. The van der Waals surface area contributed by atoms with Gasteiger partial charge in [0.25, 0.3) is 0 Å². The van der Waals surface area contributed by atoms with E-state index in [2.05, 4.69) is 4.98 Å². The first-order valence-corrected chi connectivity index (χ1v) is 2.90. The molecule has 1 aromatic heterocycles. The van der Waals surface area contributed by atoms with Crippen molar-refractivity contribution in [1.82, 2.24) is 4.98 Å². The molecule has 0 bridgehead atoms. The summed E-state index contributed by atoms with van der Waals surface area (Å²) < 4.78 is 35.6. The maximum Gasteiger partial charge on any atom is 0.433 e. The average molecular weight is 171 g/mol. The van der Waals surface area contributed by atoms with Crippen LogP contribution in [-0.4, -0.2) is 4.98 Å². The van der Waals surface area contributed by atoms with E-state index in [0.717, 1.165) is 12.1 Å². The average Bonchev–Trinajstić information content (AvgIpc) is 2.03. The number of nitrogens with zero attached hydrogens (tertiary/aromatic N) is 2. The van der Waals surface area contributed by atoms with Crippen LogP contribution in [0, 0.1) is 17.5 Å². The van der Waals surface area contributed by atoms with E-state index < -0.39 is 11.9 Å². The zero-order valence-corrected chi connectivity index (χ0v) is 5.68. The van der Waals surface area contributed by atoms with Crippen LogP contribution < -0.4 is 0 Å². The second kappa shape index (κ2) is 2.81. The maximum atomic E-state index is 11.9. The fourth-order valence-corrected chi connectivity index (χ4v) is 0.577. The summed E-state index contributed by atoms with van der Waals surface area (Å²) in [5.74, 6) is 0. The van der Waals surface area contributed by atoms with Crippen LogP contribution in [0.3, 0.4) is 0 Å².